The van der Waals surface area contributed by atoms with Gasteiger partial charge in [0.25, 0.3) is 10.0 Å². The van der Waals surface area contributed by atoms with E-state index in [4.69, 9.17) is 0 Å². The van der Waals surface area contributed by atoms with E-state index in [1.165, 1.54) is 22.4 Å². The predicted octanol–water partition coefficient (Wildman–Crippen LogP) is 2.15. The largest absolute Gasteiger partial charge is 0.335 e. The van der Waals surface area contributed by atoms with Crippen LogP contribution < -0.4 is 0 Å². The minimum Gasteiger partial charge on any atom is -0.335 e. The van der Waals surface area contributed by atoms with Crippen molar-refractivity contribution in [2.75, 3.05) is 12.3 Å². The summed E-state index contributed by atoms with van der Waals surface area (Å²) >= 11 is 1.65. The highest BCUT2D eigenvalue weighted by molar-refractivity contribution is 8.00. The second-order valence-electron chi connectivity index (χ2n) is 4.67. The molecule has 0 bridgehead atoms. The van der Waals surface area contributed by atoms with Crippen LogP contribution in [0.15, 0.2) is 41.8 Å². The highest BCUT2D eigenvalue weighted by Crippen LogP contribution is 2.40. The third kappa shape index (κ3) is 2.36. The maximum atomic E-state index is 12.6. The van der Waals surface area contributed by atoms with E-state index in [0.29, 0.717) is 6.54 Å². The van der Waals surface area contributed by atoms with Gasteiger partial charge in [-0.05, 0) is 12.5 Å². The van der Waals surface area contributed by atoms with Gasteiger partial charge in [-0.15, -0.1) is 11.8 Å². The summed E-state index contributed by atoms with van der Waals surface area (Å²) in [5.41, 5.74) is 2.18. The summed E-state index contributed by atoms with van der Waals surface area (Å²) in [6.07, 6.45) is 2.74. The van der Waals surface area contributed by atoms with Crippen LogP contribution in [-0.2, 0) is 10.0 Å². The van der Waals surface area contributed by atoms with Crippen LogP contribution in [0.25, 0.3) is 0 Å². The molecule has 1 aromatic heterocycles. The zero-order valence-electron chi connectivity index (χ0n) is 11.0. The summed E-state index contributed by atoms with van der Waals surface area (Å²) in [4.78, 5) is 6.49. The second kappa shape index (κ2) is 5.23. The van der Waals surface area contributed by atoms with Crippen molar-refractivity contribution in [3.05, 3.63) is 47.9 Å². The second-order valence-corrected chi connectivity index (χ2v) is 7.71. The zero-order chi connectivity index (χ0) is 14.2. The molecule has 1 aromatic carbocycles. The van der Waals surface area contributed by atoms with Gasteiger partial charge in [0.05, 0.1) is 17.9 Å². The Morgan fingerprint density at radius 3 is 2.75 bits per heavy atom. The van der Waals surface area contributed by atoms with Crippen molar-refractivity contribution in [2.24, 2.45) is 0 Å². The Morgan fingerprint density at radius 2 is 2.10 bits per heavy atom. The number of nitrogens with one attached hydrogen (secondary N) is 1. The van der Waals surface area contributed by atoms with Crippen molar-refractivity contribution in [1.29, 1.82) is 0 Å². The lowest BCUT2D eigenvalue weighted by Gasteiger charge is -2.22. The van der Waals surface area contributed by atoms with Gasteiger partial charge in [0.15, 0.2) is 5.03 Å². The average molecular weight is 309 g/mol. The van der Waals surface area contributed by atoms with Crippen molar-refractivity contribution < 1.29 is 8.42 Å². The smallest absolute Gasteiger partial charge is 0.261 e. The molecule has 7 heteroatoms. The molecule has 1 aliphatic heterocycles. The van der Waals surface area contributed by atoms with Gasteiger partial charge in [0, 0.05) is 12.3 Å². The first-order valence-electron chi connectivity index (χ1n) is 6.27. The number of sulfonamides is 1. The van der Waals surface area contributed by atoms with E-state index < -0.39 is 10.0 Å². The number of benzene rings is 1. The molecule has 20 heavy (non-hydrogen) atoms. The number of H-pyrrole nitrogens is 1. The average Bonchev–Trinajstić information content (AvgIpc) is 3.11. The van der Waals surface area contributed by atoms with Gasteiger partial charge in [-0.2, -0.15) is 4.31 Å². The number of aromatic nitrogens is 2. The molecule has 106 valence electrons. The molecule has 1 fully saturated rings. The van der Waals surface area contributed by atoms with Crippen molar-refractivity contribution in [3.63, 3.8) is 0 Å². The fourth-order valence-electron chi connectivity index (χ4n) is 2.21. The van der Waals surface area contributed by atoms with Gasteiger partial charge >= 0.3 is 0 Å². The first-order chi connectivity index (χ1) is 9.59. The molecule has 0 spiro atoms. The number of aromatic amines is 1. The van der Waals surface area contributed by atoms with Crippen molar-refractivity contribution in [3.8, 4) is 0 Å². The number of hydrogen-bond acceptors (Lipinski definition) is 4. The molecule has 3 rings (SSSR count). The van der Waals surface area contributed by atoms with Gasteiger partial charge in [0.1, 0.15) is 0 Å². The lowest BCUT2D eigenvalue weighted by Crippen LogP contribution is -2.30. The Morgan fingerprint density at radius 1 is 1.35 bits per heavy atom. The molecule has 0 radical (unpaired) electrons. The molecular weight excluding hydrogens is 294 g/mol. The molecule has 1 N–H and O–H groups in total. The van der Waals surface area contributed by atoms with Crippen LogP contribution in [0.4, 0.5) is 0 Å². The van der Waals surface area contributed by atoms with Crippen LogP contribution in [0, 0.1) is 6.92 Å². The molecule has 0 amide bonds. The molecule has 5 nitrogen and oxygen atoms in total. The first kappa shape index (κ1) is 13.7. The standard InChI is InChI=1S/C13H15N3O2S2/c1-10-2-4-11(5-3-10)13-16(6-7-19-13)20(17,18)12-8-14-9-15-12/h2-5,8-9,13H,6-7H2,1H3,(H,14,15). The topological polar surface area (TPSA) is 66.1 Å². The van der Waals surface area contributed by atoms with E-state index in [2.05, 4.69) is 9.97 Å². The van der Waals surface area contributed by atoms with Crippen LogP contribution in [0.5, 0.6) is 0 Å². The van der Waals surface area contributed by atoms with Crippen LogP contribution in [0.2, 0.25) is 0 Å². The molecule has 1 aliphatic rings. The van der Waals surface area contributed by atoms with Crippen molar-refractivity contribution in [1.82, 2.24) is 14.3 Å². The number of imidazole rings is 1. The molecule has 2 heterocycles. The molecule has 0 aliphatic carbocycles. The lowest BCUT2D eigenvalue weighted by atomic mass is 10.1. The number of hydrogen-bond donors (Lipinski definition) is 1. The fourth-order valence-corrected chi connectivity index (χ4v) is 5.34. The quantitative estimate of drug-likeness (QED) is 0.943. The number of aryl methyl sites for hydroxylation is 1. The molecule has 0 saturated carbocycles. The lowest BCUT2D eigenvalue weighted by molar-refractivity contribution is 0.432. The van der Waals surface area contributed by atoms with E-state index >= 15 is 0 Å². The number of thioether (sulfide) groups is 1. The fraction of sp³-hybridized carbons (Fsp3) is 0.308. The van der Waals surface area contributed by atoms with E-state index in [1.54, 1.807) is 11.8 Å². The van der Waals surface area contributed by atoms with Crippen LogP contribution >= 0.6 is 11.8 Å². The maximum Gasteiger partial charge on any atom is 0.261 e. The summed E-state index contributed by atoms with van der Waals surface area (Å²) in [7, 11) is -3.51. The Bertz CT molecular complexity index is 681. The molecule has 1 saturated heterocycles. The predicted molar refractivity (Wildman–Crippen MR) is 78.9 cm³/mol. The molecule has 1 unspecified atom stereocenters. The third-order valence-electron chi connectivity index (χ3n) is 3.27. The van der Waals surface area contributed by atoms with Gasteiger partial charge in [-0.3, -0.25) is 0 Å². The highest BCUT2D eigenvalue weighted by Gasteiger charge is 2.37. The molecule has 2 aromatic rings. The van der Waals surface area contributed by atoms with E-state index in [1.807, 2.05) is 31.2 Å². The van der Waals surface area contributed by atoms with E-state index in [0.717, 1.165) is 11.3 Å². The molecular formula is C13H15N3O2S2. The minimum absolute atomic E-state index is 0.150. The monoisotopic (exact) mass is 309 g/mol. The molecule has 1 atom stereocenters. The number of rotatable bonds is 3. The summed E-state index contributed by atoms with van der Waals surface area (Å²) in [6, 6.07) is 8.01. The Labute approximate surface area is 122 Å². The highest BCUT2D eigenvalue weighted by atomic mass is 32.2. The van der Waals surface area contributed by atoms with Crippen LogP contribution in [0.3, 0.4) is 0 Å². The minimum atomic E-state index is -3.51. The van der Waals surface area contributed by atoms with E-state index in [-0.39, 0.29) is 10.4 Å². The van der Waals surface area contributed by atoms with Crippen molar-refractivity contribution >= 4 is 21.8 Å². The van der Waals surface area contributed by atoms with E-state index in [9.17, 15) is 8.42 Å². The summed E-state index contributed by atoms with van der Waals surface area (Å²) in [6.45, 7) is 2.54. The SMILES string of the molecule is Cc1ccc(C2SCCN2S(=O)(=O)c2cnc[nH]2)cc1. The number of nitrogens with zero attached hydrogens (tertiary/aromatic N) is 2. The zero-order valence-corrected chi connectivity index (χ0v) is 12.6. The van der Waals surface area contributed by atoms with Gasteiger partial charge < -0.3 is 4.98 Å². The van der Waals surface area contributed by atoms with Gasteiger partial charge in [-0.1, -0.05) is 29.8 Å². The Kier molecular flexibility index (Phi) is 3.57. The maximum absolute atomic E-state index is 12.6. The van der Waals surface area contributed by atoms with Gasteiger partial charge in [0.2, 0.25) is 0 Å². The summed E-state index contributed by atoms with van der Waals surface area (Å²) in [5, 5.41) is -0.0130. The third-order valence-corrected chi connectivity index (χ3v) is 6.46. The Hall–Kier alpha value is -1.31. The normalized spacial score (nSPS) is 20.4. The van der Waals surface area contributed by atoms with Crippen molar-refractivity contribution in [2.45, 2.75) is 17.3 Å². The van der Waals surface area contributed by atoms with Crippen LogP contribution in [-0.4, -0.2) is 35.0 Å². The van der Waals surface area contributed by atoms with Crippen LogP contribution in [0.1, 0.15) is 16.5 Å². The van der Waals surface area contributed by atoms with Gasteiger partial charge in [-0.25, -0.2) is 13.4 Å². The summed E-state index contributed by atoms with van der Waals surface area (Å²) in [5.74, 6) is 0.798. The summed E-state index contributed by atoms with van der Waals surface area (Å²) < 4.78 is 26.7. The first-order valence-corrected chi connectivity index (χ1v) is 8.76. The Balaban J connectivity index is 1.95.